The van der Waals surface area contributed by atoms with Gasteiger partial charge in [0.05, 0.1) is 0 Å². The molecule has 0 spiro atoms. The molecular weight excluding hydrogens is 648 g/mol. The number of ether oxygens (including phenoxy) is 1. The van der Waals surface area contributed by atoms with Crippen LogP contribution in [0.25, 0.3) is 10.8 Å². The highest BCUT2D eigenvalue weighted by Crippen LogP contribution is 2.21. The molecule has 4 aromatic carbocycles. The van der Waals surface area contributed by atoms with Crippen LogP contribution >= 0.6 is 0 Å². The summed E-state index contributed by atoms with van der Waals surface area (Å²) in [6.45, 7) is 0.967. The van der Waals surface area contributed by atoms with Crippen LogP contribution in [0.4, 0.5) is 0 Å². The number of carbonyl (C=O) groups is 4. The van der Waals surface area contributed by atoms with E-state index in [0.717, 1.165) is 16.3 Å². The molecule has 4 amide bonds. The molecule has 13 heteroatoms. The Morgan fingerprint density at radius 3 is 2.02 bits per heavy atom. The Morgan fingerprint density at radius 2 is 1.33 bits per heavy atom. The molecule has 3 atom stereocenters. The van der Waals surface area contributed by atoms with E-state index in [1.807, 2.05) is 36.4 Å². The number of nitrogens with zero attached hydrogens (tertiary/aromatic N) is 1. The molecular formula is C38H46N8O5. The second kappa shape index (κ2) is 19.3. The number of aliphatic imine (C=N–C) groups is 1. The van der Waals surface area contributed by atoms with Gasteiger partial charge in [0.1, 0.15) is 30.5 Å². The van der Waals surface area contributed by atoms with Crippen LogP contribution < -0.4 is 43.6 Å². The fraction of sp³-hybridized carbons (Fsp3) is 0.289. The van der Waals surface area contributed by atoms with Crippen molar-refractivity contribution < 1.29 is 23.9 Å². The van der Waals surface area contributed by atoms with Gasteiger partial charge in [-0.25, -0.2) is 0 Å². The molecule has 51 heavy (non-hydrogen) atoms. The Bertz CT molecular complexity index is 1800. The van der Waals surface area contributed by atoms with E-state index < -0.39 is 41.8 Å². The number of guanidine groups is 1. The molecule has 13 nitrogen and oxygen atoms in total. The fourth-order valence-corrected chi connectivity index (χ4v) is 5.45. The number of nitrogens with two attached hydrogens (primary N) is 4. The molecule has 0 fully saturated rings. The third-order valence-electron chi connectivity index (χ3n) is 8.19. The summed E-state index contributed by atoms with van der Waals surface area (Å²) in [4.78, 5) is 56.8. The molecule has 0 saturated heterocycles. The quantitative estimate of drug-likeness (QED) is 0.0437. The van der Waals surface area contributed by atoms with Gasteiger partial charge in [-0.2, -0.15) is 0 Å². The number of benzene rings is 4. The van der Waals surface area contributed by atoms with Gasteiger partial charge in [-0.1, -0.05) is 66.7 Å². The number of amides is 4. The first-order valence-electron chi connectivity index (χ1n) is 16.9. The Morgan fingerprint density at radius 1 is 0.686 bits per heavy atom. The number of primary amides is 1. The van der Waals surface area contributed by atoms with Crippen molar-refractivity contribution in [3.63, 3.8) is 0 Å². The van der Waals surface area contributed by atoms with Crippen molar-refractivity contribution in [2.24, 2.45) is 27.9 Å². The Balaban J connectivity index is 1.44. The van der Waals surface area contributed by atoms with E-state index >= 15 is 0 Å². The highest BCUT2D eigenvalue weighted by Gasteiger charge is 2.29. The van der Waals surface area contributed by atoms with Gasteiger partial charge in [-0.05, 0) is 90.9 Å². The van der Waals surface area contributed by atoms with Crippen LogP contribution in [0.5, 0.6) is 5.75 Å². The summed E-state index contributed by atoms with van der Waals surface area (Å²) in [5, 5.41) is 10.5. The maximum absolute atomic E-state index is 13.7. The zero-order valence-corrected chi connectivity index (χ0v) is 28.4. The predicted molar refractivity (Wildman–Crippen MR) is 197 cm³/mol. The van der Waals surface area contributed by atoms with Gasteiger partial charge in [0.2, 0.25) is 17.7 Å². The highest BCUT2D eigenvalue weighted by molar-refractivity contribution is 5.98. The second-order valence-corrected chi connectivity index (χ2v) is 12.1. The van der Waals surface area contributed by atoms with Gasteiger partial charge in [0, 0.05) is 12.1 Å². The van der Waals surface area contributed by atoms with E-state index in [1.165, 1.54) is 0 Å². The van der Waals surface area contributed by atoms with E-state index in [2.05, 4.69) is 27.0 Å². The molecule has 0 aromatic heterocycles. The number of hydrogen-bond donors (Lipinski definition) is 7. The number of hydrogen-bond acceptors (Lipinski definition) is 7. The summed E-state index contributed by atoms with van der Waals surface area (Å²) in [5.41, 5.74) is 24.1. The van der Waals surface area contributed by atoms with Crippen LogP contribution in [-0.2, 0) is 21.0 Å². The lowest BCUT2D eigenvalue weighted by Crippen LogP contribution is -2.54. The Hall–Kier alpha value is -5.95. The van der Waals surface area contributed by atoms with Crippen LogP contribution in [0.15, 0.2) is 102 Å². The number of nitrogens with one attached hydrogen (secondary N) is 3. The van der Waals surface area contributed by atoms with E-state index in [0.29, 0.717) is 49.3 Å². The summed E-state index contributed by atoms with van der Waals surface area (Å²) < 4.78 is 5.97. The molecule has 0 bridgehead atoms. The monoisotopic (exact) mass is 694 g/mol. The zero-order valence-electron chi connectivity index (χ0n) is 28.4. The largest absolute Gasteiger partial charge is 0.489 e. The van der Waals surface area contributed by atoms with Crippen LogP contribution in [0.1, 0.15) is 59.6 Å². The Kier molecular flexibility index (Phi) is 14.3. The minimum absolute atomic E-state index is 0.0897. The van der Waals surface area contributed by atoms with Gasteiger partial charge in [-0.15, -0.1) is 0 Å². The maximum Gasteiger partial charge on any atom is 0.251 e. The summed E-state index contributed by atoms with van der Waals surface area (Å²) in [5.74, 6) is -1.96. The van der Waals surface area contributed by atoms with Crippen LogP contribution in [0.2, 0.25) is 0 Å². The number of rotatable bonds is 19. The van der Waals surface area contributed by atoms with Gasteiger partial charge < -0.3 is 43.6 Å². The van der Waals surface area contributed by atoms with Crippen molar-refractivity contribution >= 4 is 40.4 Å². The minimum Gasteiger partial charge on any atom is -0.489 e. The molecule has 4 aromatic rings. The lowest BCUT2D eigenvalue weighted by atomic mass is 10.0. The average molecular weight is 695 g/mol. The summed E-state index contributed by atoms with van der Waals surface area (Å²) >= 11 is 0. The molecule has 0 aliphatic rings. The second-order valence-electron chi connectivity index (χ2n) is 12.1. The van der Waals surface area contributed by atoms with Crippen LogP contribution in [-0.4, -0.2) is 54.8 Å². The van der Waals surface area contributed by atoms with Gasteiger partial charge >= 0.3 is 0 Å². The summed E-state index contributed by atoms with van der Waals surface area (Å²) in [7, 11) is 0. The van der Waals surface area contributed by atoms with Crippen molar-refractivity contribution in [1.29, 1.82) is 0 Å². The van der Waals surface area contributed by atoms with E-state index in [1.54, 1.807) is 54.6 Å². The van der Waals surface area contributed by atoms with E-state index in [9.17, 15) is 19.2 Å². The van der Waals surface area contributed by atoms with E-state index in [4.69, 9.17) is 27.7 Å². The third kappa shape index (κ3) is 11.9. The summed E-state index contributed by atoms with van der Waals surface area (Å²) in [6.07, 6.45) is 1.92. The topological polar surface area (TPSA) is 230 Å². The van der Waals surface area contributed by atoms with Gasteiger partial charge in [-0.3, -0.25) is 24.2 Å². The molecule has 0 aliphatic heterocycles. The van der Waals surface area contributed by atoms with Crippen LogP contribution in [0, 0.1) is 0 Å². The lowest BCUT2D eigenvalue weighted by Gasteiger charge is -2.25. The first-order valence-corrected chi connectivity index (χ1v) is 16.9. The van der Waals surface area contributed by atoms with Gasteiger partial charge in [0.15, 0.2) is 5.96 Å². The first kappa shape index (κ1) is 37.9. The van der Waals surface area contributed by atoms with Crippen molar-refractivity contribution in [3.05, 3.63) is 114 Å². The van der Waals surface area contributed by atoms with Crippen molar-refractivity contribution in [2.75, 3.05) is 13.1 Å². The molecule has 4 rings (SSSR count). The highest BCUT2D eigenvalue weighted by atomic mass is 16.5. The molecule has 0 saturated carbocycles. The number of carbonyl (C=O) groups excluding carboxylic acids is 4. The lowest BCUT2D eigenvalue weighted by molar-refractivity contribution is -0.132. The SMILES string of the molecule is NCCCC[C@H](NC(=O)[C@H](CCCN=C(N)N)NC(=O)c1ccccc1)C(=O)N[C@@H](C(N)=O)c1ccc(OCc2ccc3ccccc3c2)cc1. The maximum atomic E-state index is 13.7. The predicted octanol–water partition coefficient (Wildman–Crippen LogP) is 2.53. The van der Waals surface area contributed by atoms with Crippen molar-refractivity contribution in [3.8, 4) is 5.75 Å². The normalized spacial score (nSPS) is 12.6. The fourth-order valence-electron chi connectivity index (χ4n) is 5.45. The zero-order chi connectivity index (χ0) is 36.6. The molecule has 0 unspecified atom stereocenters. The van der Waals surface area contributed by atoms with E-state index in [-0.39, 0.29) is 25.3 Å². The van der Waals surface area contributed by atoms with Gasteiger partial charge in [0.25, 0.3) is 5.91 Å². The van der Waals surface area contributed by atoms with Crippen molar-refractivity contribution in [1.82, 2.24) is 16.0 Å². The molecule has 0 radical (unpaired) electrons. The molecule has 268 valence electrons. The molecule has 0 heterocycles. The molecule has 0 aliphatic carbocycles. The smallest absolute Gasteiger partial charge is 0.251 e. The standard InChI is InChI=1S/C38H46N8O5/c39-21-7-6-13-31(45-36(49)32(14-8-22-43-38(41)42)44-35(48)28-10-2-1-3-11-28)37(50)46-33(34(40)47)27-17-19-30(20-18-27)51-24-25-15-16-26-9-4-5-12-29(26)23-25/h1-5,9-12,15-20,23,31-33H,6-8,13-14,21-22,24,39H2,(H2,40,47)(H,44,48)(H,45,49)(H,46,50)(H4,41,42,43)/t31-,32-,33+/m0/s1. The number of fused-ring (bicyclic) bond motifs is 1. The third-order valence-corrected chi connectivity index (χ3v) is 8.19. The molecule has 11 N–H and O–H groups in total. The van der Waals surface area contributed by atoms with Crippen LogP contribution in [0.3, 0.4) is 0 Å². The minimum atomic E-state index is -1.19. The number of unbranched alkanes of at least 4 members (excludes halogenated alkanes) is 1. The summed E-state index contributed by atoms with van der Waals surface area (Å²) in [6, 6.07) is 26.1. The average Bonchev–Trinajstić information content (AvgIpc) is 3.14. The van der Waals surface area contributed by atoms with Crippen molar-refractivity contribution in [2.45, 2.75) is 56.8 Å². The Labute approximate surface area is 297 Å². The first-order chi connectivity index (χ1) is 24.6.